The molecule has 0 aromatic rings. The van der Waals surface area contributed by atoms with Gasteiger partial charge in [-0.3, -0.25) is 9.69 Å². The molecular formula is C17H29NO5. The highest BCUT2D eigenvalue weighted by atomic mass is 16.6. The van der Waals surface area contributed by atoms with Gasteiger partial charge in [0.05, 0.1) is 37.8 Å². The van der Waals surface area contributed by atoms with Gasteiger partial charge in [-0.1, -0.05) is 12.8 Å². The smallest absolute Gasteiger partial charge is 0.410 e. The van der Waals surface area contributed by atoms with Crippen LogP contribution >= 0.6 is 0 Å². The van der Waals surface area contributed by atoms with E-state index in [-0.39, 0.29) is 30.6 Å². The standard InChI is InChI=1S/C17H29NO5/c1-16(2,3)23-15(20)18-11-17(4,10-14(19)21-5)22-13-9-7-6-8-12(13)18/h12-13H,6-11H2,1-5H3/t12-,13-,17+/m1/s1. The molecule has 132 valence electrons. The van der Waals surface area contributed by atoms with E-state index in [0.717, 1.165) is 25.7 Å². The summed E-state index contributed by atoms with van der Waals surface area (Å²) < 4.78 is 16.6. The van der Waals surface area contributed by atoms with Crippen LogP contribution in [0.5, 0.6) is 0 Å². The summed E-state index contributed by atoms with van der Waals surface area (Å²) in [4.78, 5) is 26.1. The molecule has 1 aliphatic heterocycles. The molecule has 6 heteroatoms. The number of esters is 1. The lowest BCUT2D eigenvalue weighted by atomic mass is 9.86. The van der Waals surface area contributed by atoms with Crippen molar-refractivity contribution in [2.24, 2.45) is 0 Å². The van der Waals surface area contributed by atoms with Crippen molar-refractivity contribution in [3.8, 4) is 0 Å². The molecule has 2 aliphatic rings. The zero-order valence-corrected chi connectivity index (χ0v) is 14.9. The number of amides is 1. The Labute approximate surface area is 138 Å². The number of carbonyl (C=O) groups is 2. The van der Waals surface area contributed by atoms with Crippen molar-refractivity contribution >= 4 is 12.1 Å². The van der Waals surface area contributed by atoms with Gasteiger partial charge in [-0.2, -0.15) is 0 Å². The number of hydrogen-bond donors (Lipinski definition) is 0. The molecule has 2 fully saturated rings. The zero-order chi connectivity index (χ0) is 17.3. The van der Waals surface area contributed by atoms with Crippen LogP contribution < -0.4 is 0 Å². The number of carbonyl (C=O) groups excluding carboxylic acids is 2. The van der Waals surface area contributed by atoms with Gasteiger partial charge in [0.15, 0.2) is 0 Å². The lowest BCUT2D eigenvalue weighted by molar-refractivity contribution is -0.189. The van der Waals surface area contributed by atoms with Crippen molar-refractivity contribution < 1.29 is 23.8 Å². The molecule has 0 unspecified atom stereocenters. The van der Waals surface area contributed by atoms with Gasteiger partial charge in [-0.05, 0) is 40.5 Å². The quantitative estimate of drug-likeness (QED) is 0.730. The van der Waals surface area contributed by atoms with Crippen molar-refractivity contribution in [1.82, 2.24) is 4.90 Å². The largest absolute Gasteiger partial charge is 0.469 e. The third-order valence-corrected chi connectivity index (χ3v) is 4.38. The van der Waals surface area contributed by atoms with Crippen LogP contribution in [-0.2, 0) is 19.0 Å². The molecule has 0 aromatic carbocycles. The first-order valence-electron chi connectivity index (χ1n) is 8.38. The number of fused-ring (bicyclic) bond motifs is 1. The van der Waals surface area contributed by atoms with Crippen LogP contribution in [0, 0.1) is 0 Å². The predicted molar refractivity (Wildman–Crippen MR) is 85.1 cm³/mol. The third-order valence-electron chi connectivity index (χ3n) is 4.38. The molecule has 3 atom stereocenters. The number of hydrogen-bond acceptors (Lipinski definition) is 5. The van der Waals surface area contributed by atoms with Gasteiger partial charge in [-0.15, -0.1) is 0 Å². The summed E-state index contributed by atoms with van der Waals surface area (Å²) in [5.74, 6) is -0.328. The van der Waals surface area contributed by atoms with Crippen LogP contribution in [0.25, 0.3) is 0 Å². The summed E-state index contributed by atoms with van der Waals surface area (Å²) in [5, 5.41) is 0. The van der Waals surface area contributed by atoms with Gasteiger partial charge in [0.1, 0.15) is 5.60 Å². The molecular weight excluding hydrogens is 298 g/mol. The number of nitrogens with zero attached hydrogens (tertiary/aromatic N) is 1. The van der Waals surface area contributed by atoms with E-state index in [1.54, 1.807) is 4.90 Å². The fourth-order valence-corrected chi connectivity index (χ4v) is 3.45. The second-order valence-corrected chi connectivity index (χ2v) is 7.82. The van der Waals surface area contributed by atoms with Crippen molar-refractivity contribution in [3.05, 3.63) is 0 Å². The minimum atomic E-state index is -0.734. The Morgan fingerprint density at radius 1 is 1.26 bits per heavy atom. The molecule has 0 bridgehead atoms. The van der Waals surface area contributed by atoms with E-state index < -0.39 is 11.2 Å². The van der Waals surface area contributed by atoms with Crippen LogP contribution in [0.4, 0.5) is 4.79 Å². The highest BCUT2D eigenvalue weighted by Crippen LogP contribution is 2.37. The first-order chi connectivity index (χ1) is 10.6. The molecule has 1 saturated carbocycles. The van der Waals surface area contributed by atoms with E-state index in [1.807, 2.05) is 27.7 Å². The van der Waals surface area contributed by atoms with Crippen molar-refractivity contribution in [3.63, 3.8) is 0 Å². The van der Waals surface area contributed by atoms with Crippen LogP contribution in [0.15, 0.2) is 0 Å². The van der Waals surface area contributed by atoms with E-state index >= 15 is 0 Å². The van der Waals surface area contributed by atoms with Crippen molar-refractivity contribution in [1.29, 1.82) is 0 Å². The zero-order valence-electron chi connectivity index (χ0n) is 14.9. The molecule has 1 amide bonds. The Morgan fingerprint density at radius 2 is 1.91 bits per heavy atom. The summed E-state index contributed by atoms with van der Waals surface area (Å²) in [6, 6.07) is 0.0318. The average Bonchev–Trinajstić information content (AvgIpc) is 2.44. The van der Waals surface area contributed by atoms with E-state index in [0.29, 0.717) is 6.54 Å². The van der Waals surface area contributed by atoms with E-state index in [2.05, 4.69) is 0 Å². The molecule has 0 N–H and O–H groups in total. The Morgan fingerprint density at radius 3 is 2.52 bits per heavy atom. The monoisotopic (exact) mass is 327 g/mol. The van der Waals surface area contributed by atoms with Crippen LogP contribution in [0.1, 0.15) is 59.8 Å². The summed E-state index contributed by atoms with van der Waals surface area (Å²) >= 11 is 0. The van der Waals surface area contributed by atoms with Gasteiger partial charge in [-0.25, -0.2) is 4.79 Å². The van der Waals surface area contributed by atoms with Crippen LogP contribution in [0.3, 0.4) is 0 Å². The summed E-state index contributed by atoms with van der Waals surface area (Å²) in [6.07, 6.45) is 3.74. The molecule has 1 saturated heterocycles. The van der Waals surface area contributed by atoms with Gasteiger partial charge in [0, 0.05) is 0 Å². The molecule has 0 spiro atoms. The van der Waals surface area contributed by atoms with Gasteiger partial charge in [0.2, 0.25) is 0 Å². The van der Waals surface area contributed by atoms with Gasteiger partial charge >= 0.3 is 12.1 Å². The molecule has 6 nitrogen and oxygen atoms in total. The average molecular weight is 327 g/mol. The normalized spacial score (nSPS) is 31.3. The summed E-state index contributed by atoms with van der Waals surface area (Å²) in [5.41, 5.74) is -1.28. The molecule has 1 aliphatic carbocycles. The first-order valence-corrected chi connectivity index (χ1v) is 8.38. The predicted octanol–water partition coefficient (Wildman–Crippen LogP) is 2.89. The van der Waals surface area contributed by atoms with Crippen molar-refractivity contribution in [2.75, 3.05) is 13.7 Å². The molecule has 2 rings (SSSR count). The second kappa shape index (κ2) is 6.67. The maximum atomic E-state index is 12.6. The maximum absolute atomic E-state index is 12.6. The molecule has 23 heavy (non-hydrogen) atoms. The minimum absolute atomic E-state index is 0.0318. The number of rotatable bonds is 2. The highest BCUT2D eigenvalue weighted by Gasteiger charge is 2.47. The molecule has 0 radical (unpaired) electrons. The third kappa shape index (κ3) is 4.59. The van der Waals surface area contributed by atoms with Crippen molar-refractivity contribution in [2.45, 2.75) is 83.1 Å². The Balaban J connectivity index is 2.19. The summed E-state index contributed by atoms with van der Waals surface area (Å²) in [6.45, 7) is 7.79. The second-order valence-electron chi connectivity index (χ2n) is 7.82. The highest BCUT2D eigenvalue weighted by molar-refractivity contribution is 5.72. The van der Waals surface area contributed by atoms with E-state index in [9.17, 15) is 9.59 Å². The van der Waals surface area contributed by atoms with E-state index in [4.69, 9.17) is 14.2 Å². The lowest BCUT2D eigenvalue weighted by Crippen LogP contribution is -2.63. The molecule has 0 aromatic heterocycles. The number of methoxy groups -OCH3 is 1. The first kappa shape index (κ1) is 18.0. The SMILES string of the molecule is COC(=O)C[C@@]1(C)CN(C(=O)OC(C)(C)C)[C@@H]2CCCC[C@H]2O1. The lowest BCUT2D eigenvalue weighted by Gasteiger charge is -2.50. The Hall–Kier alpha value is -1.30. The number of ether oxygens (including phenoxy) is 3. The van der Waals surface area contributed by atoms with Gasteiger partial charge in [0.25, 0.3) is 0 Å². The summed E-state index contributed by atoms with van der Waals surface area (Å²) in [7, 11) is 1.36. The topological polar surface area (TPSA) is 65.1 Å². The fourth-order valence-electron chi connectivity index (χ4n) is 3.45. The fraction of sp³-hybridized carbons (Fsp3) is 0.882. The minimum Gasteiger partial charge on any atom is -0.469 e. The van der Waals surface area contributed by atoms with Crippen LogP contribution in [0.2, 0.25) is 0 Å². The van der Waals surface area contributed by atoms with Crippen LogP contribution in [-0.4, -0.2) is 54.0 Å². The maximum Gasteiger partial charge on any atom is 0.410 e. The van der Waals surface area contributed by atoms with Gasteiger partial charge < -0.3 is 14.2 Å². The van der Waals surface area contributed by atoms with E-state index in [1.165, 1.54) is 7.11 Å². The Bertz CT molecular complexity index is 458. The Kier molecular flexibility index (Phi) is 5.23. The molecule has 1 heterocycles. The number of morpholine rings is 1.